The van der Waals surface area contributed by atoms with E-state index in [1.54, 1.807) is 0 Å². The van der Waals surface area contributed by atoms with Gasteiger partial charge < -0.3 is 15.2 Å². The van der Waals surface area contributed by atoms with Crippen LogP contribution in [0.3, 0.4) is 0 Å². The molecule has 1 aliphatic rings. The van der Waals surface area contributed by atoms with Crippen LogP contribution >= 0.6 is 0 Å². The summed E-state index contributed by atoms with van der Waals surface area (Å²) < 4.78 is 5.54. The van der Waals surface area contributed by atoms with E-state index in [1.807, 2.05) is 24.3 Å². The Morgan fingerprint density at radius 1 is 1.18 bits per heavy atom. The monoisotopic (exact) mass is 235 g/mol. The number of benzene rings is 1. The van der Waals surface area contributed by atoms with E-state index >= 15 is 0 Å². The summed E-state index contributed by atoms with van der Waals surface area (Å²) in [6.45, 7) is 3.60. The lowest BCUT2D eigenvalue weighted by Crippen LogP contribution is -2.19. The van der Waals surface area contributed by atoms with Gasteiger partial charge in [0.2, 0.25) is 0 Å². The molecule has 0 aromatic heterocycles. The number of nitrogens with one attached hydrogen (secondary N) is 1. The number of hydrogen-bond donors (Lipinski definition) is 2. The molecule has 0 amide bonds. The van der Waals surface area contributed by atoms with Crippen LogP contribution in [0.2, 0.25) is 0 Å². The van der Waals surface area contributed by atoms with Crippen LogP contribution in [0.1, 0.15) is 24.0 Å². The first-order valence-electron chi connectivity index (χ1n) is 6.35. The third kappa shape index (κ3) is 4.86. The Morgan fingerprint density at radius 2 is 1.88 bits per heavy atom. The molecule has 0 atom stereocenters. The predicted octanol–water partition coefficient (Wildman–Crippen LogP) is 1.70. The first-order valence-corrected chi connectivity index (χ1v) is 6.35. The van der Waals surface area contributed by atoms with Crippen LogP contribution in [0, 0.1) is 5.92 Å². The summed E-state index contributed by atoms with van der Waals surface area (Å²) in [6.07, 6.45) is 2.70. The zero-order valence-electron chi connectivity index (χ0n) is 10.2. The van der Waals surface area contributed by atoms with Crippen molar-refractivity contribution in [2.75, 3.05) is 19.8 Å². The van der Waals surface area contributed by atoms with Crippen LogP contribution < -0.4 is 5.32 Å². The maximum absolute atomic E-state index is 8.92. The number of aliphatic hydroxyl groups is 1. The molecule has 0 spiro atoms. The van der Waals surface area contributed by atoms with Crippen LogP contribution in [0.25, 0.3) is 0 Å². The van der Waals surface area contributed by atoms with Gasteiger partial charge in [0.05, 0.1) is 13.2 Å². The first kappa shape index (κ1) is 12.6. The Labute approximate surface area is 103 Å². The molecule has 0 heterocycles. The molecule has 17 heavy (non-hydrogen) atoms. The summed E-state index contributed by atoms with van der Waals surface area (Å²) in [6, 6.07) is 8.01. The fraction of sp³-hybridized carbons (Fsp3) is 0.571. The second kappa shape index (κ2) is 6.74. The van der Waals surface area contributed by atoms with Crippen LogP contribution in [0.4, 0.5) is 0 Å². The van der Waals surface area contributed by atoms with Crippen molar-refractivity contribution in [3.05, 3.63) is 35.4 Å². The van der Waals surface area contributed by atoms with Gasteiger partial charge in [0.1, 0.15) is 0 Å². The lowest BCUT2D eigenvalue weighted by Gasteiger charge is -2.06. The number of aliphatic hydroxyl groups excluding tert-OH is 1. The highest BCUT2D eigenvalue weighted by Crippen LogP contribution is 2.28. The molecule has 0 unspecified atom stereocenters. The van der Waals surface area contributed by atoms with Crippen LogP contribution in [0.15, 0.2) is 24.3 Å². The molecule has 1 aromatic carbocycles. The molecule has 3 nitrogen and oxygen atoms in total. The average molecular weight is 235 g/mol. The Balaban J connectivity index is 1.53. The summed E-state index contributed by atoms with van der Waals surface area (Å²) in [7, 11) is 0. The number of hydrogen-bond acceptors (Lipinski definition) is 3. The Kier molecular flexibility index (Phi) is 4.98. The van der Waals surface area contributed by atoms with E-state index < -0.39 is 0 Å². The predicted molar refractivity (Wildman–Crippen MR) is 67.6 cm³/mol. The van der Waals surface area contributed by atoms with E-state index in [-0.39, 0.29) is 6.61 Å². The zero-order chi connectivity index (χ0) is 11.9. The standard InChI is InChI=1S/C14H21NO2/c16-10-13-3-1-12(2-4-13)9-15-7-8-17-11-14-5-6-14/h1-4,14-16H,5-11H2. The van der Waals surface area contributed by atoms with Gasteiger partial charge in [0.25, 0.3) is 0 Å². The highest BCUT2D eigenvalue weighted by Gasteiger charge is 2.20. The molecule has 1 fully saturated rings. The van der Waals surface area contributed by atoms with Crippen molar-refractivity contribution in [3.8, 4) is 0 Å². The molecule has 0 aliphatic heterocycles. The highest BCUT2D eigenvalue weighted by molar-refractivity contribution is 5.21. The summed E-state index contributed by atoms with van der Waals surface area (Å²) >= 11 is 0. The van der Waals surface area contributed by atoms with Crippen LogP contribution in [0.5, 0.6) is 0 Å². The molecule has 3 heteroatoms. The van der Waals surface area contributed by atoms with Gasteiger partial charge in [-0.2, -0.15) is 0 Å². The van der Waals surface area contributed by atoms with Crippen molar-refractivity contribution in [2.45, 2.75) is 26.0 Å². The third-order valence-electron chi connectivity index (χ3n) is 3.01. The fourth-order valence-corrected chi connectivity index (χ4v) is 1.67. The number of ether oxygens (including phenoxy) is 1. The van der Waals surface area contributed by atoms with Gasteiger partial charge in [0, 0.05) is 19.7 Å². The lowest BCUT2D eigenvalue weighted by atomic mass is 10.1. The van der Waals surface area contributed by atoms with Crippen molar-refractivity contribution >= 4 is 0 Å². The van der Waals surface area contributed by atoms with Gasteiger partial charge in [-0.1, -0.05) is 24.3 Å². The maximum atomic E-state index is 8.92. The lowest BCUT2D eigenvalue weighted by molar-refractivity contribution is 0.126. The Hall–Kier alpha value is -0.900. The van der Waals surface area contributed by atoms with E-state index in [9.17, 15) is 0 Å². The van der Waals surface area contributed by atoms with Crippen molar-refractivity contribution < 1.29 is 9.84 Å². The first-order chi connectivity index (χ1) is 8.38. The van der Waals surface area contributed by atoms with E-state index in [4.69, 9.17) is 9.84 Å². The van der Waals surface area contributed by atoms with E-state index in [1.165, 1.54) is 18.4 Å². The second-order valence-electron chi connectivity index (χ2n) is 4.67. The molecule has 1 aliphatic carbocycles. The molecule has 1 saturated carbocycles. The minimum atomic E-state index is 0.114. The molecule has 0 saturated heterocycles. The summed E-state index contributed by atoms with van der Waals surface area (Å²) in [5.41, 5.74) is 2.20. The van der Waals surface area contributed by atoms with Crippen LogP contribution in [-0.4, -0.2) is 24.9 Å². The van der Waals surface area contributed by atoms with Crippen LogP contribution in [-0.2, 0) is 17.9 Å². The molecule has 0 radical (unpaired) electrons. The third-order valence-corrected chi connectivity index (χ3v) is 3.01. The topological polar surface area (TPSA) is 41.5 Å². The highest BCUT2D eigenvalue weighted by atomic mass is 16.5. The van der Waals surface area contributed by atoms with Crippen molar-refractivity contribution in [1.82, 2.24) is 5.32 Å². The van der Waals surface area contributed by atoms with Crippen molar-refractivity contribution in [1.29, 1.82) is 0 Å². The molecular weight excluding hydrogens is 214 g/mol. The Bertz CT molecular complexity index is 319. The fourth-order valence-electron chi connectivity index (χ4n) is 1.67. The van der Waals surface area contributed by atoms with Gasteiger partial charge in [-0.25, -0.2) is 0 Å². The van der Waals surface area contributed by atoms with Gasteiger partial charge in [-0.3, -0.25) is 0 Å². The summed E-state index contributed by atoms with van der Waals surface area (Å²) in [4.78, 5) is 0. The summed E-state index contributed by atoms with van der Waals surface area (Å²) in [5.74, 6) is 0.848. The minimum Gasteiger partial charge on any atom is -0.392 e. The SMILES string of the molecule is OCc1ccc(CNCCOCC2CC2)cc1. The normalized spacial score (nSPS) is 15.1. The largest absolute Gasteiger partial charge is 0.392 e. The van der Waals surface area contributed by atoms with Crippen molar-refractivity contribution in [3.63, 3.8) is 0 Å². The van der Waals surface area contributed by atoms with E-state index in [0.717, 1.165) is 37.8 Å². The Morgan fingerprint density at radius 3 is 2.53 bits per heavy atom. The van der Waals surface area contributed by atoms with E-state index in [0.29, 0.717) is 0 Å². The second-order valence-corrected chi connectivity index (χ2v) is 4.67. The number of rotatable bonds is 8. The van der Waals surface area contributed by atoms with Crippen molar-refractivity contribution in [2.24, 2.45) is 5.92 Å². The maximum Gasteiger partial charge on any atom is 0.0681 e. The minimum absolute atomic E-state index is 0.114. The molecule has 2 rings (SSSR count). The smallest absolute Gasteiger partial charge is 0.0681 e. The molecule has 2 N–H and O–H groups in total. The summed E-state index contributed by atoms with van der Waals surface area (Å²) in [5, 5.41) is 12.3. The van der Waals surface area contributed by atoms with E-state index in [2.05, 4.69) is 5.32 Å². The molecule has 0 bridgehead atoms. The van der Waals surface area contributed by atoms with Gasteiger partial charge >= 0.3 is 0 Å². The molecule has 94 valence electrons. The quantitative estimate of drug-likeness (QED) is 0.674. The van der Waals surface area contributed by atoms with Gasteiger partial charge in [0.15, 0.2) is 0 Å². The molecule has 1 aromatic rings. The van der Waals surface area contributed by atoms with Gasteiger partial charge in [-0.05, 0) is 29.9 Å². The zero-order valence-corrected chi connectivity index (χ0v) is 10.2. The average Bonchev–Trinajstić information content (AvgIpc) is 3.18. The molecular formula is C14H21NO2. The van der Waals surface area contributed by atoms with Gasteiger partial charge in [-0.15, -0.1) is 0 Å².